The molecule has 1 N–H and O–H groups in total. The minimum absolute atomic E-state index is 0.123. The van der Waals surface area contributed by atoms with Crippen molar-refractivity contribution in [3.8, 4) is 5.75 Å². The minimum atomic E-state index is -0.638. The van der Waals surface area contributed by atoms with Crippen molar-refractivity contribution in [2.75, 3.05) is 19.1 Å². The Balaban J connectivity index is 1.69. The van der Waals surface area contributed by atoms with Crippen molar-refractivity contribution in [3.05, 3.63) is 96.1 Å². The van der Waals surface area contributed by atoms with Crippen LogP contribution in [0.5, 0.6) is 5.75 Å². The summed E-state index contributed by atoms with van der Waals surface area (Å²) in [5.74, 6) is 0.336. The lowest BCUT2D eigenvalue weighted by molar-refractivity contribution is -0.136. The first-order valence-corrected chi connectivity index (χ1v) is 11.3. The zero-order valence-electron chi connectivity index (χ0n) is 19.8. The molecule has 3 atom stereocenters. The van der Waals surface area contributed by atoms with E-state index in [9.17, 15) is 9.59 Å². The second kappa shape index (κ2) is 10.8. The van der Waals surface area contributed by atoms with Gasteiger partial charge in [-0.1, -0.05) is 37.3 Å². The number of hydrogen-bond donors (Lipinski definition) is 1. The third kappa shape index (κ3) is 5.32. The summed E-state index contributed by atoms with van der Waals surface area (Å²) in [4.78, 5) is 27.6. The first-order valence-electron chi connectivity index (χ1n) is 11.3. The Morgan fingerprint density at radius 2 is 1.74 bits per heavy atom. The van der Waals surface area contributed by atoms with Crippen LogP contribution in [0.2, 0.25) is 0 Å². The normalized spacial score (nSPS) is 19.5. The molecule has 3 aromatic rings. The summed E-state index contributed by atoms with van der Waals surface area (Å²) in [5.41, 5.74) is 1.83. The number of rotatable bonds is 7. The average Bonchev–Trinajstić information content (AvgIpc) is 3.43. The van der Waals surface area contributed by atoms with E-state index >= 15 is 0 Å². The number of allylic oxidation sites excluding steroid dienone is 1. The van der Waals surface area contributed by atoms with E-state index in [-0.39, 0.29) is 24.1 Å². The van der Waals surface area contributed by atoms with Gasteiger partial charge in [0.05, 0.1) is 20.5 Å². The SMILES string of the molecule is COC(=O)C1=C[C@H](c2ccco2)[C@@H](C)[C@H](NC(=O)OCc2ccccc2)N1c1ccc(OC)cc1. The molecule has 0 spiro atoms. The highest BCUT2D eigenvalue weighted by atomic mass is 16.5. The third-order valence-electron chi connectivity index (χ3n) is 6.03. The maximum atomic E-state index is 12.9. The van der Waals surface area contributed by atoms with Gasteiger partial charge in [-0.15, -0.1) is 0 Å². The van der Waals surface area contributed by atoms with Gasteiger partial charge in [0.15, 0.2) is 0 Å². The Kier molecular flexibility index (Phi) is 7.40. The topological polar surface area (TPSA) is 90.2 Å². The molecule has 8 nitrogen and oxygen atoms in total. The highest BCUT2D eigenvalue weighted by molar-refractivity contribution is 5.94. The molecule has 0 radical (unpaired) electrons. The fourth-order valence-corrected chi connectivity index (χ4v) is 4.20. The van der Waals surface area contributed by atoms with Crippen LogP contribution in [-0.4, -0.2) is 32.4 Å². The van der Waals surface area contributed by atoms with E-state index in [1.807, 2.05) is 61.5 Å². The summed E-state index contributed by atoms with van der Waals surface area (Å²) >= 11 is 0. The molecule has 182 valence electrons. The average molecular weight is 477 g/mol. The number of anilines is 1. The number of alkyl carbamates (subject to hydrolysis) is 1. The van der Waals surface area contributed by atoms with E-state index in [2.05, 4.69) is 5.32 Å². The Morgan fingerprint density at radius 1 is 1.00 bits per heavy atom. The molecule has 0 aliphatic carbocycles. The van der Waals surface area contributed by atoms with Crippen molar-refractivity contribution in [2.24, 2.45) is 5.92 Å². The minimum Gasteiger partial charge on any atom is -0.497 e. The predicted molar refractivity (Wildman–Crippen MR) is 130 cm³/mol. The van der Waals surface area contributed by atoms with Crippen LogP contribution in [-0.2, 0) is 20.9 Å². The lowest BCUT2D eigenvalue weighted by Crippen LogP contribution is -2.56. The van der Waals surface area contributed by atoms with Gasteiger partial charge in [0.2, 0.25) is 0 Å². The monoisotopic (exact) mass is 476 g/mol. The van der Waals surface area contributed by atoms with Crippen LogP contribution >= 0.6 is 0 Å². The highest BCUT2D eigenvalue weighted by Gasteiger charge is 2.41. The van der Waals surface area contributed by atoms with Gasteiger partial charge in [0, 0.05) is 17.5 Å². The summed E-state index contributed by atoms with van der Waals surface area (Å²) < 4.78 is 21.5. The molecule has 4 rings (SSSR count). The summed E-state index contributed by atoms with van der Waals surface area (Å²) in [6, 6.07) is 20.3. The zero-order valence-corrected chi connectivity index (χ0v) is 19.8. The number of benzene rings is 2. The van der Waals surface area contributed by atoms with Crippen LogP contribution in [0.4, 0.5) is 10.5 Å². The second-order valence-corrected chi connectivity index (χ2v) is 8.16. The van der Waals surface area contributed by atoms with Crippen LogP contribution < -0.4 is 15.0 Å². The van der Waals surface area contributed by atoms with Gasteiger partial charge in [-0.25, -0.2) is 9.59 Å². The van der Waals surface area contributed by atoms with Gasteiger partial charge >= 0.3 is 12.1 Å². The van der Waals surface area contributed by atoms with E-state index in [0.29, 0.717) is 17.2 Å². The Hall–Kier alpha value is -4.20. The van der Waals surface area contributed by atoms with E-state index < -0.39 is 18.2 Å². The summed E-state index contributed by atoms with van der Waals surface area (Å²) in [6.07, 6.45) is 2.15. The number of amides is 1. The third-order valence-corrected chi connectivity index (χ3v) is 6.03. The molecule has 2 aromatic carbocycles. The largest absolute Gasteiger partial charge is 0.497 e. The molecule has 2 heterocycles. The summed E-state index contributed by atoms with van der Waals surface area (Å²) in [5, 5.41) is 2.96. The second-order valence-electron chi connectivity index (χ2n) is 8.16. The number of carbonyl (C=O) groups is 2. The quantitative estimate of drug-likeness (QED) is 0.488. The van der Waals surface area contributed by atoms with Gasteiger partial charge < -0.3 is 28.8 Å². The van der Waals surface area contributed by atoms with E-state index in [0.717, 1.165) is 5.56 Å². The molecule has 0 fully saturated rings. The Bertz CT molecular complexity index is 1160. The molecule has 1 aliphatic heterocycles. The highest BCUT2D eigenvalue weighted by Crippen LogP contribution is 2.40. The molecule has 8 heteroatoms. The fourth-order valence-electron chi connectivity index (χ4n) is 4.20. The van der Waals surface area contributed by atoms with E-state index in [4.69, 9.17) is 18.6 Å². The molecular weight excluding hydrogens is 448 g/mol. The molecule has 35 heavy (non-hydrogen) atoms. The first-order chi connectivity index (χ1) is 17.0. The molecule has 0 bridgehead atoms. The van der Waals surface area contributed by atoms with Crippen molar-refractivity contribution in [3.63, 3.8) is 0 Å². The lowest BCUT2D eigenvalue weighted by Gasteiger charge is -2.43. The summed E-state index contributed by atoms with van der Waals surface area (Å²) in [7, 11) is 2.91. The lowest BCUT2D eigenvalue weighted by atomic mass is 9.83. The van der Waals surface area contributed by atoms with Crippen LogP contribution in [0.15, 0.2) is 89.2 Å². The van der Waals surface area contributed by atoms with Gasteiger partial charge in [-0.2, -0.15) is 0 Å². The Labute approximate surface area is 204 Å². The molecule has 0 unspecified atom stereocenters. The smallest absolute Gasteiger partial charge is 0.409 e. The van der Waals surface area contributed by atoms with Crippen LogP contribution in [0, 0.1) is 5.92 Å². The number of nitrogens with one attached hydrogen (secondary N) is 1. The number of ether oxygens (including phenoxy) is 3. The molecule has 1 aromatic heterocycles. The van der Waals surface area contributed by atoms with Crippen LogP contribution in [0.3, 0.4) is 0 Å². The maximum absolute atomic E-state index is 12.9. The number of nitrogens with zero attached hydrogens (tertiary/aromatic N) is 1. The molecule has 1 aliphatic rings. The van der Waals surface area contributed by atoms with Crippen molar-refractivity contribution < 1.29 is 28.2 Å². The van der Waals surface area contributed by atoms with Crippen LogP contribution in [0.25, 0.3) is 0 Å². The number of furan rings is 1. The Morgan fingerprint density at radius 3 is 2.37 bits per heavy atom. The molecule has 1 amide bonds. The first kappa shape index (κ1) is 23.9. The number of methoxy groups -OCH3 is 2. The predicted octanol–water partition coefficient (Wildman–Crippen LogP) is 4.84. The summed E-state index contributed by atoms with van der Waals surface area (Å²) in [6.45, 7) is 2.11. The van der Waals surface area contributed by atoms with Crippen molar-refractivity contribution in [1.29, 1.82) is 0 Å². The standard InChI is InChI=1S/C27H28N2O6/c1-18-22(24-10-7-15-34-24)16-23(26(30)33-3)29(20-11-13-21(32-2)14-12-20)25(18)28-27(31)35-17-19-8-5-4-6-9-19/h4-16,18,22,25H,17H2,1-3H3,(H,28,31)/t18-,22+,25-/m1/s1. The molecule has 0 saturated heterocycles. The number of carbonyl (C=O) groups excluding carboxylic acids is 2. The van der Waals surface area contributed by atoms with Crippen LogP contribution in [0.1, 0.15) is 24.2 Å². The van der Waals surface area contributed by atoms with Crippen molar-refractivity contribution in [1.82, 2.24) is 5.32 Å². The van der Waals surface area contributed by atoms with E-state index in [1.165, 1.54) is 7.11 Å². The van der Waals surface area contributed by atoms with Gasteiger partial charge in [-0.3, -0.25) is 0 Å². The zero-order chi connectivity index (χ0) is 24.8. The molecule has 0 saturated carbocycles. The van der Waals surface area contributed by atoms with Gasteiger partial charge in [0.1, 0.15) is 30.0 Å². The van der Waals surface area contributed by atoms with Gasteiger partial charge in [-0.05, 0) is 48.0 Å². The van der Waals surface area contributed by atoms with Crippen molar-refractivity contribution >= 4 is 17.7 Å². The number of hydrogen-bond acceptors (Lipinski definition) is 7. The molecular formula is C27H28N2O6. The van der Waals surface area contributed by atoms with E-state index in [1.54, 1.807) is 36.5 Å². The van der Waals surface area contributed by atoms with Crippen molar-refractivity contribution in [2.45, 2.75) is 25.6 Å². The fraction of sp³-hybridized carbons (Fsp3) is 0.259. The number of esters is 1. The van der Waals surface area contributed by atoms with Gasteiger partial charge in [0.25, 0.3) is 0 Å². The maximum Gasteiger partial charge on any atom is 0.409 e.